The molecule has 2 heterocycles. The van der Waals surface area contributed by atoms with Crippen LogP contribution in [0.25, 0.3) is 11.1 Å². The summed E-state index contributed by atoms with van der Waals surface area (Å²) in [5, 5.41) is 11.1. The number of nitrogens with one attached hydrogen (secondary N) is 1. The number of nitrogens with zero attached hydrogens (tertiary/aromatic N) is 2. The lowest BCUT2D eigenvalue weighted by atomic mass is 9.81. The highest BCUT2D eigenvalue weighted by molar-refractivity contribution is 6.03. The number of alkyl halides is 6. The molecule has 1 fully saturated rings. The van der Waals surface area contributed by atoms with Crippen LogP contribution in [0.4, 0.5) is 36.4 Å². The van der Waals surface area contributed by atoms with Crippen LogP contribution in [0, 0.1) is 18.7 Å². The quantitative estimate of drug-likeness (QED) is 0.332. The van der Waals surface area contributed by atoms with Crippen molar-refractivity contribution in [3.63, 3.8) is 0 Å². The normalized spacial score (nSPS) is 15.4. The third-order valence-electron chi connectivity index (χ3n) is 7.17. The van der Waals surface area contributed by atoms with Gasteiger partial charge in [0.1, 0.15) is 5.82 Å². The van der Waals surface area contributed by atoms with Crippen molar-refractivity contribution in [2.24, 2.45) is 5.92 Å². The van der Waals surface area contributed by atoms with Crippen LogP contribution in [0.1, 0.15) is 42.5 Å². The summed E-state index contributed by atoms with van der Waals surface area (Å²) < 4.78 is 93.7. The number of halogens is 7. The molecule has 0 saturated carbocycles. The molecule has 2 aromatic carbocycles. The van der Waals surface area contributed by atoms with E-state index in [1.807, 2.05) is 0 Å². The third kappa shape index (κ3) is 7.70. The maximum atomic E-state index is 13.6. The van der Waals surface area contributed by atoms with Gasteiger partial charge in [0, 0.05) is 25.4 Å². The smallest absolute Gasteiger partial charge is 0.396 e. The highest BCUT2D eigenvalue weighted by Crippen LogP contribution is 2.40. The topological polar surface area (TPSA) is 82.5 Å². The van der Waals surface area contributed by atoms with E-state index >= 15 is 0 Å². The van der Waals surface area contributed by atoms with Crippen LogP contribution in [-0.2, 0) is 27.4 Å². The molecule has 1 aromatic heterocycles. The largest absolute Gasteiger partial charge is 0.416 e. The van der Waals surface area contributed by atoms with Crippen LogP contribution in [0.5, 0.6) is 0 Å². The molecule has 232 valence electrons. The fourth-order valence-electron chi connectivity index (χ4n) is 4.60. The van der Waals surface area contributed by atoms with Crippen molar-refractivity contribution in [3.8, 4) is 11.1 Å². The molecule has 1 atom stereocenters. The van der Waals surface area contributed by atoms with Gasteiger partial charge in [0.2, 0.25) is 11.8 Å². The van der Waals surface area contributed by atoms with Gasteiger partial charge >= 0.3 is 12.4 Å². The molecule has 13 heteroatoms. The van der Waals surface area contributed by atoms with Crippen LogP contribution >= 0.6 is 0 Å². The van der Waals surface area contributed by atoms with Crippen LogP contribution in [0.2, 0.25) is 0 Å². The molecule has 3 aromatic rings. The van der Waals surface area contributed by atoms with Gasteiger partial charge in [-0.25, -0.2) is 4.39 Å². The molecule has 1 aliphatic heterocycles. The average Bonchev–Trinajstić information content (AvgIpc) is 3.36. The van der Waals surface area contributed by atoms with Crippen molar-refractivity contribution in [3.05, 3.63) is 82.9 Å². The maximum Gasteiger partial charge on any atom is 0.416 e. The Labute approximate surface area is 243 Å². The van der Waals surface area contributed by atoms with Crippen LogP contribution in [-0.4, -0.2) is 42.1 Å². The number of hydrogen-bond donors (Lipinski definition) is 2. The predicted octanol–water partition coefficient (Wildman–Crippen LogP) is 6.29. The molecule has 2 amide bonds. The molecule has 0 radical (unpaired) electrons. The van der Waals surface area contributed by atoms with Crippen LogP contribution in [0.15, 0.2) is 54.9 Å². The Morgan fingerprint density at radius 1 is 0.977 bits per heavy atom. The Kier molecular flexibility index (Phi) is 9.90. The number of aromatic nitrogens is 1. The molecular weight excluding hydrogens is 583 g/mol. The number of hydrogen-bond acceptors (Lipinski definition) is 4. The first-order valence-corrected chi connectivity index (χ1v) is 13.0. The lowest BCUT2D eigenvalue weighted by Gasteiger charge is -2.32. The number of pyridine rings is 1. The number of rotatable bonds is 5. The van der Waals surface area contributed by atoms with Gasteiger partial charge in [-0.2, -0.15) is 26.3 Å². The van der Waals surface area contributed by atoms with Crippen molar-refractivity contribution in [1.82, 2.24) is 10.3 Å². The van der Waals surface area contributed by atoms with E-state index in [-0.39, 0.29) is 30.2 Å². The summed E-state index contributed by atoms with van der Waals surface area (Å²) in [7, 11) is 1.35. The lowest BCUT2D eigenvalue weighted by Crippen LogP contribution is -2.42. The number of benzene rings is 2. The average molecular weight is 614 g/mol. The number of anilines is 1. The molecule has 1 unspecified atom stereocenters. The molecule has 1 saturated heterocycles. The van der Waals surface area contributed by atoms with E-state index in [4.69, 9.17) is 5.11 Å². The monoisotopic (exact) mass is 613 g/mol. The van der Waals surface area contributed by atoms with Crippen LogP contribution in [0.3, 0.4) is 0 Å². The zero-order valence-corrected chi connectivity index (χ0v) is 23.7. The number of aryl methyl sites for hydroxylation is 1. The Morgan fingerprint density at radius 2 is 1.56 bits per heavy atom. The van der Waals surface area contributed by atoms with E-state index in [2.05, 4.69) is 10.3 Å². The first-order chi connectivity index (χ1) is 19.9. The minimum atomic E-state index is -5.04. The van der Waals surface area contributed by atoms with E-state index in [0.29, 0.717) is 28.8 Å². The molecule has 2 N–H and O–H groups in total. The highest BCUT2D eigenvalue weighted by atomic mass is 19.4. The molecule has 0 bridgehead atoms. The van der Waals surface area contributed by atoms with Gasteiger partial charge in [0.25, 0.3) is 0 Å². The molecule has 0 aliphatic carbocycles. The van der Waals surface area contributed by atoms with Crippen LogP contribution < -0.4 is 10.2 Å². The van der Waals surface area contributed by atoms with Gasteiger partial charge in [0.15, 0.2) is 0 Å². The van der Waals surface area contributed by atoms with E-state index in [0.717, 1.165) is 17.9 Å². The predicted molar refractivity (Wildman–Crippen MR) is 145 cm³/mol. The van der Waals surface area contributed by atoms with E-state index in [1.54, 1.807) is 13.0 Å². The zero-order valence-electron chi connectivity index (χ0n) is 23.7. The van der Waals surface area contributed by atoms with Gasteiger partial charge in [-0.1, -0.05) is 6.07 Å². The number of carbonyl (C=O) groups is 2. The summed E-state index contributed by atoms with van der Waals surface area (Å²) >= 11 is 0. The van der Waals surface area contributed by atoms with Crippen molar-refractivity contribution >= 4 is 17.5 Å². The molecular formula is C30H30F7N3O3. The van der Waals surface area contributed by atoms with E-state index in [1.165, 1.54) is 51.5 Å². The number of amides is 2. The van der Waals surface area contributed by atoms with Gasteiger partial charge in [-0.15, -0.1) is 0 Å². The summed E-state index contributed by atoms with van der Waals surface area (Å²) in [5.74, 6) is -1.36. The number of aliphatic hydroxyl groups excluding tert-OH is 1. The van der Waals surface area contributed by atoms with Gasteiger partial charge in [0.05, 0.1) is 41.0 Å². The van der Waals surface area contributed by atoms with E-state index in [9.17, 15) is 40.3 Å². The van der Waals surface area contributed by atoms with Crippen molar-refractivity contribution in [2.75, 3.05) is 25.1 Å². The summed E-state index contributed by atoms with van der Waals surface area (Å²) in [5.41, 5.74) is -3.34. The summed E-state index contributed by atoms with van der Waals surface area (Å²) in [4.78, 5) is 29.1. The second kappa shape index (κ2) is 12.7. The second-order valence-corrected chi connectivity index (χ2v) is 10.6. The summed E-state index contributed by atoms with van der Waals surface area (Å²) in [6.07, 6.45) is -6.50. The second-order valence-electron chi connectivity index (χ2n) is 10.6. The Balaban J connectivity index is 0.000000546. The fraction of sp³-hybridized carbons (Fsp3) is 0.367. The number of aliphatic hydroxyl groups is 1. The van der Waals surface area contributed by atoms with Crippen molar-refractivity contribution < 1.29 is 45.4 Å². The lowest BCUT2D eigenvalue weighted by molar-refractivity contribution is -0.143. The minimum absolute atomic E-state index is 0.00694. The Hall–Kier alpha value is -4.00. The maximum absolute atomic E-state index is 13.6. The molecule has 43 heavy (non-hydrogen) atoms. The SMILES string of the molecule is Cc1cc(F)ccc1-c1ccncc1N(C)C(=O)C(C)(C)c1cc(C(F)(F)F)cc(C(F)(F)F)c1.O=C1NCCC1CO. The summed E-state index contributed by atoms with van der Waals surface area (Å²) in [6, 6.07) is 6.74. The first-order valence-electron chi connectivity index (χ1n) is 13.0. The molecule has 6 nitrogen and oxygen atoms in total. The van der Waals surface area contributed by atoms with Gasteiger partial charge in [-0.3, -0.25) is 14.6 Å². The highest BCUT2D eigenvalue weighted by Gasteiger charge is 2.41. The molecule has 4 rings (SSSR count). The minimum Gasteiger partial charge on any atom is -0.396 e. The molecule has 1 aliphatic rings. The summed E-state index contributed by atoms with van der Waals surface area (Å²) in [6.45, 7) is 4.88. The zero-order chi connectivity index (χ0) is 32.3. The first kappa shape index (κ1) is 33.5. The van der Waals surface area contributed by atoms with Crippen molar-refractivity contribution in [1.29, 1.82) is 0 Å². The third-order valence-corrected chi connectivity index (χ3v) is 7.17. The van der Waals surface area contributed by atoms with Crippen molar-refractivity contribution in [2.45, 2.75) is 45.0 Å². The van der Waals surface area contributed by atoms with Gasteiger partial charge in [-0.05, 0) is 80.3 Å². The Bertz CT molecular complexity index is 1450. The number of carbonyl (C=O) groups excluding carboxylic acids is 2. The van der Waals surface area contributed by atoms with Gasteiger partial charge < -0.3 is 15.3 Å². The fourth-order valence-corrected chi connectivity index (χ4v) is 4.60. The number of likely N-dealkylation sites (N-methyl/N-ethyl adjacent to an activating group) is 1. The van der Waals surface area contributed by atoms with E-state index < -0.39 is 46.2 Å². The molecule has 0 spiro atoms. The standard InChI is InChI=1S/C25H21F7N2O.C5H9NO2/c1-14-9-18(26)5-6-19(14)20-7-8-33-13-21(20)34(4)22(35)23(2,3)15-10-16(24(27,28)29)12-17(11-15)25(30,31)32;7-3-4-1-2-6-5(4)8/h5-13H,1-4H3;4,7H,1-3H2,(H,6,8). The Morgan fingerprint density at radius 3 is 2.02 bits per heavy atom.